The van der Waals surface area contributed by atoms with E-state index in [9.17, 15) is 5.11 Å². The van der Waals surface area contributed by atoms with Gasteiger partial charge in [0.25, 0.3) is 0 Å². The van der Waals surface area contributed by atoms with Crippen molar-refractivity contribution >= 4 is 0 Å². The Labute approximate surface area is 175 Å². The van der Waals surface area contributed by atoms with Crippen LogP contribution in [0.25, 0.3) is 11.1 Å². The highest BCUT2D eigenvalue weighted by Crippen LogP contribution is 2.41. The Balaban J connectivity index is 1.43. The summed E-state index contributed by atoms with van der Waals surface area (Å²) in [6.45, 7) is 4.48. The smallest absolute Gasteiger partial charge is 0.115 e. The second-order valence-electron chi connectivity index (χ2n) is 8.66. The molecule has 0 heterocycles. The van der Waals surface area contributed by atoms with E-state index in [4.69, 9.17) is 0 Å². The van der Waals surface area contributed by atoms with Gasteiger partial charge < -0.3 is 5.11 Å². The molecule has 0 aromatic heterocycles. The number of aryl methyl sites for hydroxylation is 2. The molecule has 0 radical (unpaired) electrons. The molecule has 150 valence electrons. The fourth-order valence-corrected chi connectivity index (χ4v) is 4.91. The van der Waals surface area contributed by atoms with E-state index >= 15 is 0 Å². The lowest BCUT2D eigenvalue weighted by Gasteiger charge is -2.29. The van der Waals surface area contributed by atoms with Crippen LogP contribution in [-0.2, 0) is 6.42 Å². The Kier molecular flexibility index (Phi) is 6.04. The van der Waals surface area contributed by atoms with Crippen LogP contribution in [0.5, 0.6) is 5.75 Å². The zero-order valence-corrected chi connectivity index (χ0v) is 17.7. The van der Waals surface area contributed by atoms with Crippen molar-refractivity contribution in [3.8, 4) is 16.9 Å². The molecule has 0 bridgehead atoms. The number of benzene rings is 3. The summed E-state index contributed by atoms with van der Waals surface area (Å²) in [6.07, 6.45) is 7.31. The highest BCUT2D eigenvalue weighted by atomic mass is 16.3. The van der Waals surface area contributed by atoms with Crippen molar-refractivity contribution in [1.29, 1.82) is 0 Å². The van der Waals surface area contributed by atoms with Gasteiger partial charge >= 0.3 is 0 Å². The van der Waals surface area contributed by atoms with Crippen LogP contribution in [0.2, 0.25) is 0 Å². The van der Waals surface area contributed by atoms with Crippen LogP contribution in [0.1, 0.15) is 73.1 Å². The van der Waals surface area contributed by atoms with Gasteiger partial charge in [-0.2, -0.15) is 0 Å². The van der Waals surface area contributed by atoms with Gasteiger partial charge in [-0.05, 0) is 96.4 Å². The van der Waals surface area contributed by atoms with Gasteiger partial charge in [-0.3, -0.25) is 0 Å². The molecule has 3 aromatic rings. The normalized spacial score (nSPS) is 19.2. The molecule has 1 fully saturated rings. The SMILES string of the molecule is CCCc1ccc(-c2ccc(C3CCC(c4ccc(O)cc4)CC3)cc2C)cc1. The first-order valence-corrected chi connectivity index (χ1v) is 11.1. The summed E-state index contributed by atoms with van der Waals surface area (Å²) >= 11 is 0. The van der Waals surface area contributed by atoms with Crippen molar-refractivity contribution < 1.29 is 5.11 Å². The molecule has 0 amide bonds. The van der Waals surface area contributed by atoms with Gasteiger partial charge in [0.05, 0.1) is 0 Å². The van der Waals surface area contributed by atoms with Crippen molar-refractivity contribution in [2.75, 3.05) is 0 Å². The second-order valence-corrected chi connectivity index (χ2v) is 8.66. The van der Waals surface area contributed by atoms with Crippen molar-refractivity contribution in [3.63, 3.8) is 0 Å². The molecule has 3 aromatic carbocycles. The first-order valence-electron chi connectivity index (χ1n) is 11.1. The van der Waals surface area contributed by atoms with Crippen molar-refractivity contribution in [2.45, 2.75) is 64.2 Å². The molecule has 0 atom stereocenters. The van der Waals surface area contributed by atoms with Crippen LogP contribution < -0.4 is 0 Å². The van der Waals surface area contributed by atoms with E-state index in [2.05, 4.69) is 68.4 Å². The summed E-state index contributed by atoms with van der Waals surface area (Å²) in [7, 11) is 0. The Hall–Kier alpha value is -2.54. The van der Waals surface area contributed by atoms with Crippen molar-refractivity contribution in [3.05, 3.63) is 89.0 Å². The van der Waals surface area contributed by atoms with Gasteiger partial charge in [0.2, 0.25) is 0 Å². The van der Waals surface area contributed by atoms with Crippen LogP contribution in [0, 0.1) is 6.92 Å². The molecule has 1 heteroatoms. The Bertz CT molecular complexity index is 929. The molecular formula is C28H32O. The fraction of sp³-hybridized carbons (Fsp3) is 0.357. The molecule has 1 aliphatic rings. The van der Waals surface area contributed by atoms with Gasteiger partial charge in [-0.15, -0.1) is 0 Å². The zero-order valence-electron chi connectivity index (χ0n) is 17.7. The highest BCUT2D eigenvalue weighted by molar-refractivity contribution is 5.68. The topological polar surface area (TPSA) is 20.2 Å². The molecule has 1 aliphatic carbocycles. The maximum Gasteiger partial charge on any atom is 0.115 e. The lowest BCUT2D eigenvalue weighted by molar-refractivity contribution is 0.396. The van der Waals surface area contributed by atoms with Crippen LogP contribution in [0.15, 0.2) is 66.7 Å². The average molecular weight is 385 g/mol. The van der Waals surface area contributed by atoms with Gasteiger partial charge in [0.1, 0.15) is 5.75 Å². The van der Waals surface area contributed by atoms with E-state index in [1.54, 1.807) is 0 Å². The third-order valence-electron chi connectivity index (χ3n) is 6.62. The molecule has 1 N–H and O–H groups in total. The van der Waals surface area contributed by atoms with E-state index in [1.807, 2.05) is 12.1 Å². The summed E-state index contributed by atoms with van der Waals surface area (Å²) in [5.41, 5.74) is 8.36. The lowest BCUT2D eigenvalue weighted by Crippen LogP contribution is -2.12. The molecule has 0 aliphatic heterocycles. The van der Waals surface area contributed by atoms with Crippen LogP contribution >= 0.6 is 0 Å². The maximum absolute atomic E-state index is 9.51. The van der Waals surface area contributed by atoms with Crippen LogP contribution in [0.3, 0.4) is 0 Å². The lowest BCUT2D eigenvalue weighted by atomic mass is 9.76. The zero-order chi connectivity index (χ0) is 20.2. The van der Waals surface area contributed by atoms with Gasteiger partial charge in [-0.25, -0.2) is 0 Å². The Morgan fingerprint density at radius 1 is 0.759 bits per heavy atom. The molecule has 4 rings (SSSR count). The first kappa shape index (κ1) is 19.8. The fourth-order valence-electron chi connectivity index (χ4n) is 4.91. The average Bonchev–Trinajstić information content (AvgIpc) is 2.75. The van der Waals surface area contributed by atoms with Crippen LogP contribution in [-0.4, -0.2) is 5.11 Å². The van der Waals surface area contributed by atoms with E-state index < -0.39 is 0 Å². The number of hydrogen-bond donors (Lipinski definition) is 1. The van der Waals surface area contributed by atoms with E-state index in [1.165, 1.54) is 65.5 Å². The minimum Gasteiger partial charge on any atom is -0.508 e. The van der Waals surface area contributed by atoms with Crippen molar-refractivity contribution in [1.82, 2.24) is 0 Å². The molecule has 29 heavy (non-hydrogen) atoms. The molecule has 0 spiro atoms. The number of phenols is 1. The Morgan fingerprint density at radius 2 is 1.34 bits per heavy atom. The largest absolute Gasteiger partial charge is 0.508 e. The van der Waals surface area contributed by atoms with Gasteiger partial charge in [0.15, 0.2) is 0 Å². The molecule has 0 saturated heterocycles. The van der Waals surface area contributed by atoms with E-state index in [0.29, 0.717) is 17.6 Å². The molecule has 1 saturated carbocycles. The third-order valence-corrected chi connectivity index (χ3v) is 6.62. The monoisotopic (exact) mass is 384 g/mol. The highest BCUT2D eigenvalue weighted by Gasteiger charge is 2.23. The third kappa shape index (κ3) is 4.56. The number of rotatable bonds is 5. The summed E-state index contributed by atoms with van der Waals surface area (Å²) < 4.78 is 0. The van der Waals surface area contributed by atoms with Gasteiger partial charge in [0, 0.05) is 0 Å². The standard InChI is InChI=1S/C28H32O/c1-3-4-21-5-7-25(8-6-21)28-18-15-26(19-20(28)2)24-11-9-22(10-12-24)23-13-16-27(29)17-14-23/h5-8,13-19,22,24,29H,3-4,9-12H2,1-2H3. The number of aromatic hydroxyl groups is 1. The quantitative estimate of drug-likeness (QED) is 0.476. The summed E-state index contributed by atoms with van der Waals surface area (Å²) in [5, 5.41) is 9.51. The predicted octanol–water partition coefficient (Wildman–Crippen LogP) is 7.76. The minimum atomic E-state index is 0.359. The molecule has 0 unspecified atom stereocenters. The predicted molar refractivity (Wildman–Crippen MR) is 123 cm³/mol. The van der Waals surface area contributed by atoms with Crippen LogP contribution in [0.4, 0.5) is 0 Å². The van der Waals surface area contributed by atoms with Gasteiger partial charge in [-0.1, -0.05) is 67.9 Å². The number of hydrogen-bond acceptors (Lipinski definition) is 1. The number of phenolic OH excluding ortho intramolecular Hbond substituents is 1. The summed E-state index contributed by atoms with van der Waals surface area (Å²) in [5.74, 6) is 1.66. The van der Waals surface area contributed by atoms with E-state index in [0.717, 1.165) is 6.42 Å². The Morgan fingerprint density at radius 3 is 1.93 bits per heavy atom. The second kappa shape index (κ2) is 8.86. The molecular weight excluding hydrogens is 352 g/mol. The van der Waals surface area contributed by atoms with Crippen molar-refractivity contribution in [2.24, 2.45) is 0 Å². The summed E-state index contributed by atoms with van der Waals surface area (Å²) in [6, 6.07) is 24.0. The summed E-state index contributed by atoms with van der Waals surface area (Å²) in [4.78, 5) is 0. The first-order chi connectivity index (χ1) is 14.1. The maximum atomic E-state index is 9.51. The van der Waals surface area contributed by atoms with E-state index in [-0.39, 0.29) is 0 Å². The molecule has 1 nitrogen and oxygen atoms in total. The minimum absolute atomic E-state index is 0.359.